The molecule has 0 aliphatic carbocycles. The van der Waals surface area contributed by atoms with Crippen molar-refractivity contribution in [1.29, 1.82) is 0 Å². The molecule has 0 bridgehead atoms. The van der Waals surface area contributed by atoms with E-state index < -0.39 is 0 Å². The fourth-order valence-electron chi connectivity index (χ4n) is 3.17. The highest BCUT2D eigenvalue weighted by Crippen LogP contribution is 2.25. The number of methoxy groups -OCH3 is 1. The lowest BCUT2D eigenvalue weighted by Gasteiger charge is -2.28. The Labute approximate surface area is 157 Å². The average molecular weight is 361 g/mol. The maximum absolute atomic E-state index is 11.8. The Hall–Kier alpha value is -2.24. The van der Waals surface area contributed by atoms with Crippen molar-refractivity contribution in [2.24, 2.45) is 4.99 Å². The fraction of sp³-hybridized carbons (Fsp3) is 0.600. The molecule has 26 heavy (non-hydrogen) atoms. The summed E-state index contributed by atoms with van der Waals surface area (Å²) in [6.07, 6.45) is 1.51. The van der Waals surface area contributed by atoms with Gasteiger partial charge in [-0.2, -0.15) is 0 Å². The van der Waals surface area contributed by atoms with Crippen LogP contribution in [-0.2, 0) is 10.2 Å². The molecule has 1 aromatic carbocycles. The van der Waals surface area contributed by atoms with E-state index in [0.29, 0.717) is 6.42 Å². The number of carbonyl (C=O) groups is 1. The van der Waals surface area contributed by atoms with Crippen LogP contribution in [0.15, 0.2) is 29.3 Å². The Morgan fingerprint density at radius 3 is 2.85 bits per heavy atom. The number of carbonyl (C=O) groups excluding carboxylic acids is 1. The number of hydrogen-bond acceptors (Lipinski definition) is 3. The molecule has 2 N–H and O–H groups in total. The predicted molar refractivity (Wildman–Crippen MR) is 106 cm³/mol. The van der Waals surface area contributed by atoms with Crippen LogP contribution in [-0.4, -0.2) is 56.6 Å². The lowest BCUT2D eigenvalue weighted by Crippen LogP contribution is -2.48. The van der Waals surface area contributed by atoms with Gasteiger partial charge in [0.25, 0.3) is 0 Å². The van der Waals surface area contributed by atoms with Crippen molar-refractivity contribution in [1.82, 2.24) is 15.5 Å². The molecule has 1 heterocycles. The normalized spacial score (nSPS) is 18.0. The van der Waals surface area contributed by atoms with Crippen molar-refractivity contribution in [2.75, 3.05) is 33.8 Å². The number of hydrogen-bond donors (Lipinski definition) is 2. The largest absolute Gasteiger partial charge is 0.497 e. The maximum Gasteiger partial charge on any atom is 0.222 e. The van der Waals surface area contributed by atoms with E-state index in [9.17, 15) is 4.79 Å². The van der Waals surface area contributed by atoms with E-state index >= 15 is 0 Å². The molecular formula is C20H32N4O2. The smallest absolute Gasteiger partial charge is 0.222 e. The van der Waals surface area contributed by atoms with Crippen molar-refractivity contribution in [3.8, 4) is 5.75 Å². The van der Waals surface area contributed by atoms with Crippen LogP contribution in [0.5, 0.6) is 5.75 Å². The van der Waals surface area contributed by atoms with Crippen LogP contribution in [0.2, 0.25) is 0 Å². The van der Waals surface area contributed by atoms with Gasteiger partial charge in [0.1, 0.15) is 5.75 Å². The topological polar surface area (TPSA) is 66.0 Å². The van der Waals surface area contributed by atoms with E-state index in [1.165, 1.54) is 5.56 Å². The second-order valence-corrected chi connectivity index (χ2v) is 7.36. The highest BCUT2D eigenvalue weighted by molar-refractivity contribution is 5.80. The molecule has 144 valence electrons. The minimum Gasteiger partial charge on any atom is -0.497 e. The van der Waals surface area contributed by atoms with Crippen molar-refractivity contribution in [3.63, 3.8) is 0 Å². The first-order chi connectivity index (χ1) is 12.4. The number of amides is 1. The Kier molecular flexibility index (Phi) is 6.89. The minimum atomic E-state index is -0.0773. The Bertz CT molecular complexity index is 642. The molecule has 1 aliphatic rings. The molecule has 1 aromatic rings. The summed E-state index contributed by atoms with van der Waals surface area (Å²) in [5.41, 5.74) is 1.13. The molecule has 6 heteroatoms. The molecule has 0 spiro atoms. The predicted octanol–water partition coefficient (Wildman–Crippen LogP) is 2.15. The van der Waals surface area contributed by atoms with Crippen LogP contribution in [0.25, 0.3) is 0 Å². The highest BCUT2D eigenvalue weighted by atomic mass is 16.5. The lowest BCUT2D eigenvalue weighted by atomic mass is 9.84. The summed E-state index contributed by atoms with van der Waals surface area (Å²) in [7, 11) is 3.46. The molecule has 1 atom stereocenters. The maximum atomic E-state index is 11.8. The lowest BCUT2D eigenvalue weighted by molar-refractivity contribution is -0.129. The summed E-state index contributed by atoms with van der Waals surface area (Å²) in [6.45, 7) is 8.59. The molecule has 1 aliphatic heterocycles. The van der Waals surface area contributed by atoms with E-state index in [0.717, 1.165) is 37.8 Å². The van der Waals surface area contributed by atoms with E-state index in [4.69, 9.17) is 4.74 Å². The molecule has 1 fully saturated rings. The summed E-state index contributed by atoms with van der Waals surface area (Å²) < 4.78 is 5.34. The van der Waals surface area contributed by atoms with Crippen LogP contribution in [0.3, 0.4) is 0 Å². The monoisotopic (exact) mass is 360 g/mol. The molecule has 0 radical (unpaired) electrons. The summed E-state index contributed by atoms with van der Waals surface area (Å²) in [6, 6.07) is 8.41. The van der Waals surface area contributed by atoms with Gasteiger partial charge in [-0.15, -0.1) is 0 Å². The van der Waals surface area contributed by atoms with Gasteiger partial charge in [-0.05, 0) is 24.1 Å². The SMILES string of the molecule is CCC(=O)N1CCC(NC(=NC)NCC(C)(C)c2cccc(OC)c2)C1. The zero-order valence-corrected chi connectivity index (χ0v) is 16.6. The third-order valence-corrected chi connectivity index (χ3v) is 4.96. The molecule has 1 amide bonds. The van der Waals surface area contributed by atoms with Crippen molar-refractivity contribution < 1.29 is 9.53 Å². The third-order valence-electron chi connectivity index (χ3n) is 4.96. The van der Waals surface area contributed by atoms with Gasteiger partial charge in [-0.1, -0.05) is 32.9 Å². The van der Waals surface area contributed by atoms with Gasteiger partial charge in [0.2, 0.25) is 5.91 Å². The second-order valence-electron chi connectivity index (χ2n) is 7.36. The summed E-state index contributed by atoms with van der Waals surface area (Å²) in [5, 5.41) is 6.87. The van der Waals surface area contributed by atoms with Crippen LogP contribution in [0.4, 0.5) is 0 Å². The standard InChI is InChI=1S/C20H32N4O2/c1-6-18(25)24-11-10-16(13-24)23-19(21-4)22-14-20(2,3)15-8-7-9-17(12-15)26-5/h7-9,12,16H,6,10-11,13-14H2,1-5H3,(H2,21,22,23). The quantitative estimate of drug-likeness (QED) is 0.603. The highest BCUT2D eigenvalue weighted by Gasteiger charge is 2.27. The molecule has 0 saturated carbocycles. The first kappa shape index (κ1) is 20.1. The fourth-order valence-corrected chi connectivity index (χ4v) is 3.17. The van der Waals surface area contributed by atoms with Crippen molar-refractivity contribution in [3.05, 3.63) is 29.8 Å². The molecule has 1 saturated heterocycles. The van der Waals surface area contributed by atoms with Gasteiger partial charge in [0, 0.05) is 44.6 Å². The average Bonchev–Trinajstić information content (AvgIpc) is 3.13. The molecule has 2 rings (SSSR count). The van der Waals surface area contributed by atoms with E-state index in [2.05, 4.69) is 41.6 Å². The summed E-state index contributed by atoms with van der Waals surface area (Å²) >= 11 is 0. The van der Waals surface area contributed by atoms with Crippen LogP contribution in [0.1, 0.15) is 39.2 Å². The number of guanidine groups is 1. The van der Waals surface area contributed by atoms with Gasteiger partial charge >= 0.3 is 0 Å². The first-order valence-corrected chi connectivity index (χ1v) is 9.29. The van der Waals surface area contributed by atoms with E-state index in [1.807, 2.05) is 24.0 Å². The van der Waals surface area contributed by atoms with E-state index in [-0.39, 0.29) is 17.4 Å². The Balaban J connectivity index is 1.91. The summed E-state index contributed by atoms with van der Waals surface area (Å²) in [4.78, 5) is 18.1. The molecular weight excluding hydrogens is 328 g/mol. The van der Waals surface area contributed by atoms with Gasteiger partial charge in [-0.25, -0.2) is 0 Å². The number of aliphatic imine (C=N–C) groups is 1. The number of likely N-dealkylation sites (tertiary alicyclic amines) is 1. The van der Waals surface area contributed by atoms with Crippen LogP contribution >= 0.6 is 0 Å². The number of rotatable bonds is 6. The zero-order valence-electron chi connectivity index (χ0n) is 16.6. The van der Waals surface area contributed by atoms with Crippen LogP contribution < -0.4 is 15.4 Å². The van der Waals surface area contributed by atoms with Crippen molar-refractivity contribution in [2.45, 2.75) is 45.1 Å². The van der Waals surface area contributed by atoms with Gasteiger partial charge in [-0.3, -0.25) is 9.79 Å². The minimum absolute atomic E-state index is 0.0773. The van der Waals surface area contributed by atoms with E-state index in [1.54, 1.807) is 14.2 Å². The Morgan fingerprint density at radius 2 is 2.19 bits per heavy atom. The summed E-state index contributed by atoms with van der Waals surface area (Å²) in [5.74, 6) is 1.86. The molecule has 1 unspecified atom stereocenters. The van der Waals surface area contributed by atoms with Crippen LogP contribution in [0, 0.1) is 0 Å². The molecule has 6 nitrogen and oxygen atoms in total. The van der Waals surface area contributed by atoms with Crippen molar-refractivity contribution >= 4 is 11.9 Å². The number of nitrogens with one attached hydrogen (secondary N) is 2. The van der Waals surface area contributed by atoms with Gasteiger partial charge in [0.15, 0.2) is 5.96 Å². The first-order valence-electron chi connectivity index (χ1n) is 9.29. The van der Waals surface area contributed by atoms with Gasteiger partial charge in [0.05, 0.1) is 7.11 Å². The second kappa shape index (κ2) is 8.92. The Morgan fingerprint density at radius 1 is 1.42 bits per heavy atom. The number of nitrogens with zero attached hydrogens (tertiary/aromatic N) is 2. The zero-order chi connectivity index (χ0) is 19.2. The third kappa shape index (κ3) is 5.13. The molecule has 0 aromatic heterocycles. The van der Waals surface area contributed by atoms with Gasteiger partial charge < -0.3 is 20.3 Å². The number of benzene rings is 1. The number of ether oxygens (including phenoxy) is 1.